The van der Waals surface area contributed by atoms with Gasteiger partial charge in [0.1, 0.15) is 5.75 Å². The second kappa shape index (κ2) is 5.24. The maximum Gasteiger partial charge on any atom is 0.307 e. The van der Waals surface area contributed by atoms with Crippen LogP contribution < -0.4 is 4.74 Å². The van der Waals surface area contributed by atoms with Crippen LogP contribution in [0.3, 0.4) is 0 Å². The van der Waals surface area contributed by atoms with Crippen LogP contribution in [0.2, 0.25) is 0 Å². The third-order valence-corrected chi connectivity index (χ3v) is 4.27. The molecule has 19 heavy (non-hydrogen) atoms. The fourth-order valence-corrected chi connectivity index (χ4v) is 3.01. The molecule has 2 unspecified atom stereocenters. The summed E-state index contributed by atoms with van der Waals surface area (Å²) in [5.41, 5.74) is 1.13. The highest BCUT2D eigenvalue weighted by molar-refractivity contribution is 5.75. The standard InChI is InChI=1S/C16H20O3/c17-16(18)15-10-14(15)11-6-8-13(9-7-11)19-12-4-2-1-3-5-12/h6-9,12,14-15H,1-5,10H2,(H,17,18). The van der Waals surface area contributed by atoms with Gasteiger partial charge in [0.2, 0.25) is 0 Å². The highest BCUT2D eigenvalue weighted by Gasteiger charge is 2.44. The van der Waals surface area contributed by atoms with Crippen LogP contribution in [0.15, 0.2) is 24.3 Å². The van der Waals surface area contributed by atoms with Gasteiger partial charge in [-0.1, -0.05) is 18.6 Å². The van der Waals surface area contributed by atoms with Crippen molar-refractivity contribution in [3.05, 3.63) is 29.8 Å². The topological polar surface area (TPSA) is 46.5 Å². The molecule has 2 atom stereocenters. The van der Waals surface area contributed by atoms with E-state index in [4.69, 9.17) is 9.84 Å². The molecule has 3 nitrogen and oxygen atoms in total. The largest absolute Gasteiger partial charge is 0.490 e. The van der Waals surface area contributed by atoms with Crippen molar-refractivity contribution in [2.45, 2.75) is 50.5 Å². The van der Waals surface area contributed by atoms with Gasteiger partial charge in [-0.2, -0.15) is 0 Å². The normalized spacial score (nSPS) is 26.9. The summed E-state index contributed by atoms with van der Waals surface area (Å²) in [5.74, 6) is 0.280. The van der Waals surface area contributed by atoms with Crippen LogP contribution in [0.1, 0.15) is 50.0 Å². The van der Waals surface area contributed by atoms with Crippen molar-refractivity contribution in [1.29, 1.82) is 0 Å². The molecule has 0 spiro atoms. The fraction of sp³-hybridized carbons (Fsp3) is 0.562. The van der Waals surface area contributed by atoms with Gasteiger partial charge in [0.25, 0.3) is 0 Å². The number of carbonyl (C=O) groups is 1. The van der Waals surface area contributed by atoms with Crippen LogP contribution in [-0.2, 0) is 4.79 Å². The van der Waals surface area contributed by atoms with E-state index in [0.29, 0.717) is 6.10 Å². The molecule has 3 heteroatoms. The minimum absolute atomic E-state index is 0.176. The quantitative estimate of drug-likeness (QED) is 0.900. The average Bonchev–Trinajstić information content (AvgIpc) is 3.21. The molecule has 2 aliphatic carbocycles. The van der Waals surface area contributed by atoms with E-state index in [1.54, 1.807) is 0 Å². The van der Waals surface area contributed by atoms with E-state index >= 15 is 0 Å². The molecule has 2 fully saturated rings. The molecule has 102 valence electrons. The Hall–Kier alpha value is -1.51. The van der Waals surface area contributed by atoms with Gasteiger partial charge in [-0.25, -0.2) is 0 Å². The summed E-state index contributed by atoms with van der Waals surface area (Å²) in [6, 6.07) is 8.01. The predicted molar refractivity (Wildman–Crippen MR) is 72.4 cm³/mol. The zero-order valence-corrected chi connectivity index (χ0v) is 11.0. The van der Waals surface area contributed by atoms with Crippen molar-refractivity contribution < 1.29 is 14.6 Å². The third-order valence-electron chi connectivity index (χ3n) is 4.27. The van der Waals surface area contributed by atoms with E-state index in [-0.39, 0.29) is 11.8 Å². The number of ether oxygens (including phenoxy) is 1. The van der Waals surface area contributed by atoms with Crippen molar-refractivity contribution in [2.24, 2.45) is 5.92 Å². The van der Waals surface area contributed by atoms with Gasteiger partial charge in [0.05, 0.1) is 12.0 Å². The molecule has 3 rings (SSSR count). The van der Waals surface area contributed by atoms with Crippen LogP contribution in [0.4, 0.5) is 0 Å². The Bertz CT molecular complexity index is 446. The minimum Gasteiger partial charge on any atom is -0.490 e. The molecular formula is C16H20O3. The maximum atomic E-state index is 10.9. The zero-order chi connectivity index (χ0) is 13.2. The summed E-state index contributed by atoms with van der Waals surface area (Å²) in [7, 11) is 0. The summed E-state index contributed by atoms with van der Waals surface area (Å²) in [4.78, 5) is 10.9. The second-order valence-corrected chi connectivity index (χ2v) is 5.73. The van der Waals surface area contributed by atoms with E-state index in [9.17, 15) is 4.79 Å². The molecular weight excluding hydrogens is 240 g/mol. The molecule has 0 aliphatic heterocycles. The van der Waals surface area contributed by atoms with Crippen molar-refractivity contribution >= 4 is 5.97 Å². The van der Waals surface area contributed by atoms with Crippen molar-refractivity contribution in [3.63, 3.8) is 0 Å². The van der Waals surface area contributed by atoms with Crippen molar-refractivity contribution in [3.8, 4) is 5.75 Å². The van der Waals surface area contributed by atoms with Crippen LogP contribution in [-0.4, -0.2) is 17.2 Å². The summed E-state index contributed by atoms with van der Waals surface area (Å²) < 4.78 is 5.97. The summed E-state index contributed by atoms with van der Waals surface area (Å²) in [6.07, 6.45) is 7.33. The first-order valence-corrected chi connectivity index (χ1v) is 7.23. The minimum atomic E-state index is -0.674. The Kier molecular flexibility index (Phi) is 3.45. The number of carboxylic acid groups (broad SMARTS) is 1. The lowest BCUT2D eigenvalue weighted by Crippen LogP contribution is -2.19. The van der Waals surface area contributed by atoms with Crippen molar-refractivity contribution in [2.75, 3.05) is 0 Å². The van der Waals surface area contributed by atoms with Gasteiger partial charge in [-0.3, -0.25) is 4.79 Å². The van der Waals surface area contributed by atoms with Crippen LogP contribution in [0, 0.1) is 5.92 Å². The first-order chi connectivity index (χ1) is 9.24. The zero-order valence-electron chi connectivity index (χ0n) is 11.0. The molecule has 0 aromatic heterocycles. The molecule has 0 heterocycles. The SMILES string of the molecule is O=C(O)C1CC1c1ccc(OC2CCCCC2)cc1. The first kappa shape index (κ1) is 12.5. The Morgan fingerprint density at radius 3 is 2.37 bits per heavy atom. The smallest absolute Gasteiger partial charge is 0.307 e. The van der Waals surface area contributed by atoms with E-state index < -0.39 is 5.97 Å². The molecule has 1 aromatic carbocycles. The van der Waals surface area contributed by atoms with E-state index in [1.807, 2.05) is 24.3 Å². The fourth-order valence-electron chi connectivity index (χ4n) is 3.01. The van der Waals surface area contributed by atoms with Crippen LogP contribution >= 0.6 is 0 Å². The molecule has 0 bridgehead atoms. The van der Waals surface area contributed by atoms with Gasteiger partial charge >= 0.3 is 5.97 Å². The Morgan fingerprint density at radius 2 is 1.79 bits per heavy atom. The van der Waals surface area contributed by atoms with Gasteiger partial charge < -0.3 is 9.84 Å². The van der Waals surface area contributed by atoms with E-state index in [0.717, 1.165) is 30.6 Å². The number of aliphatic carboxylic acids is 1. The highest BCUT2D eigenvalue weighted by Crippen LogP contribution is 2.47. The molecule has 2 saturated carbocycles. The molecule has 1 aromatic rings. The van der Waals surface area contributed by atoms with Gasteiger partial charge in [-0.05, 0) is 55.7 Å². The highest BCUT2D eigenvalue weighted by atomic mass is 16.5. The molecule has 0 amide bonds. The van der Waals surface area contributed by atoms with Gasteiger partial charge in [-0.15, -0.1) is 0 Å². The Labute approximate surface area is 113 Å². The maximum absolute atomic E-state index is 10.9. The molecule has 2 aliphatic rings. The number of rotatable bonds is 4. The third kappa shape index (κ3) is 2.91. The van der Waals surface area contributed by atoms with Gasteiger partial charge in [0.15, 0.2) is 0 Å². The Morgan fingerprint density at radius 1 is 1.11 bits per heavy atom. The number of hydrogen-bond donors (Lipinski definition) is 1. The predicted octanol–water partition coefficient (Wildman–Crippen LogP) is 3.59. The summed E-state index contributed by atoms with van der Waals surface area (Å²) >= 11 is 0. The van der Waals surface area contributed by atoms with Crippen molar-refractivity contribution in [1.82, 2.24) is 0 Å². The molecule has 0 radical (unpaired) electrons. The molecule has 0 saturated heterocycles. The van der Waals surface area contributed by atoms with Gasteiger partial charge in [0, 0.05) is 0 Å². The average molecular weight is 260 g/mol. The van der Waals surface area contributed by atoms with Crippen LogP contribution in [0.25, 0.3) is 0 Å². The molecule has 1 N–H and O–H groups in total. The summed E-state index contributed by atoms with van der Waals surface area (Å²) in [6.45, 7) is 0. The number of carboxylic acids is 1. The second-order valence-electron chi connectivity index (χ2n) is 5.73. The number of hydrogen-bond acceptors (Lipinski definition) is 2. The van der Waals surface area contributed by atoms with Crippen LogP contribution in [0.5, 0.6) is 5.75 Å². The first-order valence-electron chi connectivity index (χ1n) is 7.23. The monoisotopic (exact) mass is 260 g/mol. The lowest BCUT2D eigenvalue weighted by molar-refractivity contribution is -0.138. The van der Waals surface area contributed by atoms with E-state index in [2.05, 4.69) is 0 Å². The number of benzene rings is 1. The lowest BCUT2D eigenvalue weighted by Gasteiger charge is -2.23. The lowest BCUT2D eigenvalue weighted by atomic mass is 9.98. The Balaban J connectivity index is 1.58. The summed E-state index contributed by atoms with van der Waals surface area (Å²) in [5, 5.41) is 8.93. The van der Waals surface area contributed by atoms with E-state index in [1.165, 1.54) is 19.3 Å².